The number of nitrogens with one attached hydrogen (secondary N) is 1. The van der Waals surface area contributed by atoms with E-state index in [4.69, 9.17) is 4.52 Å². The minimum absolute atomic E-state index is 0. The predicted octanol–water partition coefficient (Wildman–Crippen LogP) is 2.50. The van der Waals surface area contributed by atoms with E-state index in [1.54, 1.807) is 18.2 Å². The van der Waals surface area contributed by atoms with Gasteiger partial charge >= 0.3 is 0 Å². The van der Waals surface area contributed by atoms with Gasteiger partial charge in [-0.25, -0.2) is 8.42 Å². The summed E-state index contributed by atoms with van der Waals surface area (Å²) >= 11 is 0. The Kier molecular flexibility index (Phi) is 4.92. The first-order valence-electron chi connectivity index (χ1n) is 8.04. The largest absolute Gasteiger partial charge is 0.337 e. The van der Waals surface area contributed by atoms with Gasteiger partial charge in [0.25, 0.3) is 10.0 Å². The summed E-state index contributed by atoms with van der Waals surface area (Å²) in [6, 6.07) is 11.1. The van der Waals surface area contributed by atoms with Crippen LogP contribution in [0.4, 0.5) is 5.69 Å². The van der Waals surface area contributed by atoms with E-state index in [9.17, 15) is 8.42 Å². The number of anilines is 1. The maximum atomic E-state index is 12.9. The van der Waals surface area contributed by atoms with Gasteiger partial charge in [0, 0.05) is 17.8 Å². The standard InChI is InChI=1S/C17H18N4O3S.ClH/c1-11(18-2)9-15-19-16(24-20-15)10-21-13-7-3-5-12-6-4-8-14(17(12)13)25(21,22)23;/h3-8,11,18H,9-10H2,1-2H3;1H. The molecule has 7 nitrogen and oxygen atoms in total. The van der Waals surface area contributed by atoms with Crippen LogP contribution in [0.5, 0.6) is 0 Å². The van der Waals surface area contributed by atoms with Crippen LogP contribution in [0.1, 0.15) is 18.6 Å². The van der Waals surface area contributed by atoms with E-state index in [-0.39, 0.29) is 30.9 Å². The summed E-state index contributed by atoms with van der Waals surface area (Å²) in [5.41, 5.74) is 0.649. The second kappa shape index (κ2) is 6.86. The first kappa shape index (κ1) is 18.6. The van der Waals surface area contributed by atoms with Gasteiger partial charge in [-0.3, -0.25) is 4.31 Å². The molecular weight excluding hydrogens is 376 g/mol. The first-order chi connectivity index (χ1) is 12.0. The Morgan fingerprint density at radius 3 is 2.69 bits per heavy atom. The van der Waals surface area contributed by atoms with Crippen molar-refractivity contribution in [3.8, 4) is 0 Å². The van der Waals surface area contributed by atoms with Crippen molar-refractivity contribution in [1.29, 1.82) is 0 Å². The van der Waals surface area contributed by atoms with E-state index >= 15 is 0 Å². The zero-order valence-corrected chi connectivity index (χ0v) is 16.0. The number of rotatable bonds is 5. The van der Waals surface area contributed by atoms with E-state index in [1.807, 2.05) is 32.2 Å². The monoisotopic (exact) mass is 394 g/mol. The van der Waals surface area contributed by atoms with Crippen LogP contribution in [-0.4, -0.2) is 31.6 Å². The van der Waals surface area contributed by atoms with Crippen LogP contribution in [-0.2, 0) is 23.0 Å². The second-order valence-electron chi connectivity index (χ2n) is 6.14. The summed E-state index contributed by atoms with van der Waals surface area (Å²) in [6.45, 7) is 2.04. The van der Waals surface area contributed by atoms with Gasteiger partial charge in [0.05, 0.1) is 10.6 Å². The molecule has 0 saturated carbocycles. The molecule has 0 saturated heterocycles. The van der Waals surface area contributed by atoms with Crippen molar-refractivity contribution < 1.29 is 12.9 Å². The van der Waals surface area contributed by atoms with E-state index in [0.29, 0.717) is 22.8 Å². The van der Waals surface area contributed by atoms with Gasteiger partial charge in [-0.1, -0.05) is 29.4 Å². The van der Waals surface area contributed by atoms with Gasteiger partial charge in [0.15, 0.2) is 5.82 Å². The zero-order chi connectivity index (χ0) is 17.6. The molecule has 3 aromatic rings. The number of hydrogen-bond acceptors (Lipinski definition) is 6. The minimum atomic E-state index is -3.62. The Balaban J connectivity index is 0.00000196. The van der Waals surface area contributed by atoms with Crippen molar-refractivity contribution in [3.05, 3.63) is 48.1 Å². The summed E-state index contributed by atoms with van der Waals surface area (Å²) in [5.74, 6) is 0.843. The second-order valence-corrected chi connectivity index (χ2v) is 7.97. The lowest BCUT2D eigenvalue weighted by Crippen LogP contribution is -2.27. The molecule has 1 aliphatic heterocycles. The SMILES string of the molecule is CNC(C)Cc1noc(CN2c3cccc4cccc(c34)S2(=O)=O)n1.Cl. The lowest BCUT2D eigenvalue weighted by molar-refractivity contribution is 0.373. The average Bonchev–Trinajstić information content (AvgIpc) is 3.13. The number of likely N-dealkylation sites (N-methyl/N-ethyl adjacent to an activating group) is 1. The molecule has 0 bridgehead atoms. The third-order valence-electron chi connectivity index (χ3n) is 4.45. The number of aromatic nitrogens is 2. The smallest absolute Gasteiger partial charge is 0.265 e. The normalized spacial score (nSPS) is 15.8. The molecule has 26 heavy (non-hydrogen) atoms. The molecule has 4 rings (SSSR count). The zero-order valence-electron chi connectivity index (χ0n) is 14.3. The number of hydrogen-bond donors (Lipinski definition) is 1. The lowest BCUT2D eigenvalue weighted by atomic mass is 10.1. The lowest BCUT2D eigenvalue weighted by Gasteiger charge is -2.16. The maximum absolute atomic E-state index is 12.9. The van der Waals surface area contributed by atoms with Crippen molar-refractivity contribution in [3.63, 3.8) is 0 Å². The molecule has 0 radical (unpaired) electrons. The highest BCUT2D eigenvalue weighted by Gasteiger charge is 2.36. The van der Waals surface area contributed by atoms with E-state index < -0.39 is 10.0 Å². The highest BCUT2D eigenvalue weighted by molar-refractivity contribution is 7.93. The third-order valence-corrected chi connectivity index (χ3v) is 6.25. The highest BCUT2D eigenvalue weighted by Crippen LogP contribution is 2.42. The summed E-state index contributed by atoms with van der Waals surface area (Å²) in [4.78, 5) is 4.65. The molecular formula is C17H19ClN4O3S. The Hall–Kier alpha value is -2.16. The van der Waals surface area contributed by atoms with E-state index in [1.165, 1.54) is 4.31 Å². The molecule has 2 heterocycles. The summed E-state index contributed by atoms with van der Waals surface area (Å²) in [6.07, 6.45) is 0.614. The van der Waals surface area contributed by atoms with Crippen LogP contribution in [0.15, 0.2) is 45.8 Å². The predicted molar refractivity (Wildman–Crippen MR) is 101 cm³/mol. The van der Waals surface area contributed by atoms with Crippen molar-refractivity contribution in [2.75, 3.05) is 11.4 Å². The van der Waals surface area contributed by atoms with Crippen LogP contribution in [0.3, 0.4) is 0 Å². The summed E-state index contributed by atoms with van der Waals surface area (Å²) < 4.78 is 32.5. The van der Waals surface area contributed by atoms with Gasteiger partial charge in [-0.05, 0) is 31.5 Å². The minimum Gasteiger partial charge on any atom is -0.337 e. The first-order valence-corrected chi connectivity index (χ1v) is 9.48. The van der Waals surface area contributed by atoms with Gasteiger partial charge in [-0.2, -0.15) is 4.98 Å². The number of nitrogens with zero attached hydrogens (tertiary/aromatic N) is 3. The molecule has 0 amide bonds. The van der Waals surface area contributed by atoms with E-state index in [0.717, 1.165) is 10.8 Å². The fourth-order valence-electron chi connectivity index (χ4n) is 3.06. The number of halogens is 1. The van der Waals surface area contributed by atoms with Crippen molar-refractivity contribution >= 4 is 38.9 Å². The molecule has 0 fully saturated rings. The van der Waals surface area contributed by atoms with Gasteiger partial charge in [0.1, 0.15) is 6.54 Å². The third kappa shape index (κ3) is 2.94. The Morgan fingerprint density at radius 1 is 1.23 bits per heavy atom. The topological polar surface area (TPSA) is 88.3 Å². The maximum Gasteiger partial charge on any atom is 0.265 e. The molecule has 1 atom stereocenters. The van der Waals surface area contributed by atoms with Gasteiger partial charge < -0.3 is 9.84 Å². The molecule has 0 spiro atoms. The fourth-order valence-corrected chi connectivity index (χ4v) is 4.72. The fraction of sp³-hybridized carbons (Fsp3) is 0.294. The molecule has 1 aliphatic rings. The highest BCUT2D eigenvalue weighted by atomic mass is 35.5. The van der Waals surface area contributed by atoms with E-state index in [2.05, 4.69) is 15.5 Å². The Bertz CT molecular complexity index is 1050. The van der Waals surface area contributed by atoms with Crippen LogP contribution in [0, 0.1) is 0 Å². The number of sulfonamides is 1. The Labute approximate surface area is 157 Å². The van der Waals surface area contributed by atoms with Gasteiger partial charge in [0.2, 0.25) is 5.89 Å². The summed E-state index contributed by atoms with van der Waals surface area (Å²) in [7, 11) is -1.76. The average molecular weight is 395 g/mol. The molecule has 138 valence electrons. The Morgan fingerprint density at radius 2 is 1.96 bits per heavy atom. The summed E-state index contributed by atoms with van der Waals surface area (Å²) in [5, 5.41) is 8.69. The molecule has 9 heteroatoms. The molecule has 1 N–H and O–H groups in total. The van der Waals surface area contributed by atoms with Crippen molar-refractivity contribution in [2.24, 2.45) is 0 Å². The van der Waals surface area contributed by atoms with Crippen molar-refractivity contribution in [2.45, 2.75) is 30.8 Å². The van der Waals surface area contributed by atoms with Crippen LogP contribution in [0.2, 0.25) is 0 Å². The van der Waals surface area contributed by atoms with Crippen LogP contribution >= 0.6 is 12.4 Å². The molecule has 2 aromatic carbocycles. The molecule has 1 unspecified atom stereocenters. The van der Waals surface area contributed by atoms with Crippen molar-refractivity contribution in [1.82, 2.24) is 15.5 Å². The molecule has 1 aromatic heterocycles. The quantitative estimate of drug-likeness (QED) is 0.715. The number of benzene rings is 2. The van der Waals surface area contributed by atoms with Crippen LogP contribution in [0.25, 0.3) is 10.8 Å². The van der Waals surface area contributed by atoms with Gasteiger partial charge in [-0.15, -0.1) is 12.4 Å². The molecule has 0 aliphatic carbocycles. The van der Waals surface area contributed by atoms with Crippen LogP contribution < -0.4 is 9.62 Å².